The Bertz CT molecular complexity index is 551. The molecular weight excluding hydrogens is 368 g/mol. The molecule has 29 heavy (non-hydrogen) atoms. The molecule has 0 spiro atoms. The van der Waals surface area contributed by atoms with E-state index in [4.69, 9.17) is 0 Å². The Morgan fingerprint density at radius 1 is 1.31 bits per heavy atom. The van der Waals surface area contributed by atoms with Gasteiger partial charge in [-0.3, -0.25) is 9.59 Å². The normalized spacial score (nSPS) is 27.2. The van der Waals surface area contributed by atoms with E-state index < -0.39 is 6.10 Å². The lowest BCUT2D eigenvalue weighted by Crippen LogP contribution is -2.41. The molecule has 4 atom stereocenters. The molecule has 0 amide bonds. The van der Waals surface area contributed by atoms with Crippen LogP contribution in [0.5, 0.6) is 0 Å². The van der Waals surface area contributed by atoms with E-state index in [1.165, 1.54) is 13.5 Å². The fraction of sp³-hybridized carbons (Fsp3) is 0.833. The molecule has 0 aliphatic heterocycles. The summed E-state index contributed by atoms with van der Waals surface area (Å²) in [4.78, 5) is 23.4. The number of carbonyl (C=O) groups excluding carboxylic acids is 2. The topological polar surface area (TPSA) is 83.8 Å². The zero-order chi connectivity index (χ0) is 21.3. The van der Waals surface area contributed by atoms with Crippen molar-refractivity contribution in [2.75, 3.05) is 7.11 Å². The third-order valence-corrected chi connectivity index (χ3v) is 7.19. The average molecular weight is 409 g/mol. The van der Waals surface area contributed by atoms with Crippen molar-refractivity contribution in [3.8, 4) is 0 Å². The molecule has 0 radical (unpaired) electrons. The summed E-state index contributed by atoms with van der Waals surface area (Å²) in [5, 5.41) is 21.1. The van der Waals surface area contributed by atoms with Crippen molar-refractivity contribution in [3.63, 3.8) is 0 Å². The molecule has 0 aromatic heterocycles. The first kappa shape index (κ1) is 24.1. The Hall–Kier alpha value is -1.20. The van der Waals surface area contributed by atoms with Gasteiger partial charge < -0.3 is 14.9 Å². The highest BCUT2D eigenvalue weighted by Gasteiger charge is 2.43. The molecule has 0 aromatic carbocycles. The van der Waals surface area contributed by atoms with Gasteiger partial charge in [-0.2, -0.15) is 0 Å². The highest BCUT2D eigenvalue weighted by atomic mass is 16.5. The van der Waals surface area contributed by atoms with Crippen LogP contribution < -0.4 is 0 Å². The van der Waals surface area contributed by atoms with E-state index in [-0.39, 0.29) is 41.5 Å². The Labute approximate surface area is 175 Å². The van der Waals surface area contributed by atoms with Gasteiger partial charge in [0.2, 0.25) is 0 Å². The molecule has 2 fully saturated rings. The van der Waals surface area contributed by atoms with Crippen molar-refractivity contribution >= 4 is 11.8 Å². The van der Waals surface area contributed by atoms with Crippen LogP contribution in [0, 0.1) is 17.3 Å². The molecule has 0 aromatic rings. The third-order valence-electron chi connectivity index (χ3n) is 7.19. The maximum Gasteiger partial charge on any atom is 0.305 e. The van der Waals surface area contributed by atoms with Crippen LogP contribution in [0.4, 0.5) is 0 Å². The molecule has 166 valence electrons. The average Bonchev–Trinajstić information content (AvgIpc) is 2.93. The maximum absolute atomic E-state index is 12.3. The summed E-state index contributed by atoms with van der Waals surface area (Å²) in [6, 6.07) is 0. The first-order chi connectivity index (χ1) is 13.9. The van der Waals surface area contributed by atoms with Crippen LogP contribution in [0.25, 0.3) is 0 Å². The Balaban J connectivity index is 1.75. The van der Waals surface area contributed by atoms with E-state index in [0.29, 0.717) is 12.8 Å². The Morgan fingerprint density at radius 3 is 2.69 bits per heavy atom. The van der Waals surface area contributed by atoms with Gasteiger partial charge in [0.15, 0.2) is 0 Å². The van der Waals surface area contributed by atoms with Crippen LogP contribution >= 0.6 is 0 Å². The van der Waals surface area contributed by atoms with E-state index in [9.17, 15) is 19.8 Å². The van der Waals surface area contributed by atoms with E-state index in [2.05, 4.69) is 11.7 Å². The minimum absolute atomic E-state index is 0.00191. The number of hydrogen-bond donors (Lipinski definition) is 2. The Kier molecular flexibility index (Phi) is 9.84. The third kappa shape index (κ3) is 6.65. The number of aliphatic hydroxyl groups is 2. The van der Waals surface area contributed by atoms with Crippen LogP contribution in [0.3, 0.4) is 0 Å². The second kappa shape index (κ2) is 11.8. The van der Waals surface area contributed by atoms with Gasteiger partial charge in [0, 0.05) is 18.8 Å². The van der Waals surface area contributed by atoms with Crippen molar-refractivity contribution < 1.29 is 24.5 Å². The highest BCUT2D eigenvalue weighted by molar-refractivity contribution is 5.84. The monoisotopic (exact) mass is 408 g/mol. The van der Waals surface area contributed by atoms with Crippen LogP contribution in [0.1, 0.15) is 90.4 Å². The first-order valence-corrected chi connectivity index (χ1v) is 11.5. The fourth-order valence-corrected chi connectivity index (χ4v) is 5.27. The molecule has 5 nitrogen and oxygen atoms in total. The van der Waals surface area contributed by atoms with Gasteiger partial charge in [-0.05, 0) is 62.7 Å². The van der Waals surface area contributed by atoms with E-state index in [1.807, 2.05) is 12.2 Å². The van der Waals surface area contributed by atoms with Crippen LogP contribution in [-0.2, 0) is 14.3 Å². The molecular formula is C24H40O5. The highest BCUT2D eigenvalue weighted by Crippen LogP contribution is 2.49. The molecule has 2 aliphatic carbocycles. The number of rotatable bonds is 13. The van der Waals surface area contributed by atoms with Gasteiger partial charge in [-0.1, -0.05) is 38.3 Å². The summed E-state index contributed by atoms with van der Waals surface area (Å²) in [6.45, 7) is 2.18. The second-order valence-corrected chi connectivity index (χ2v) is 9.10. The molecule has 1 unspecified atom stereocenters. The quantitative estimate of drug-likeness (QED) is 0.269. The summed E-state index contributed by atoms with van der Waals surface area (Å²) in [5.74, 6) is -0.161. The van der Waals surface area contributed by atoms with E-state index >= 15 is 0 Å². The van der Waals surface area contributed by atoms with Gasteiger partial charge in [0.25, 0.3) is 0 Å². The van der Waals surface area contributed by atoms with Crippen molar-refractivity contribution in [2.45, 2.75) is 103 Å². The van der Waals surface area contributed by atoms with Gasteiger partial charge in [-0.25, -0.2) is 0 Å². The molecule has 2 aliphatic rings. The number of esters is 1. The van der Waals surface area contributed by atoms with Crippen molar-refractivity contribution in [2.24, 2.45) is 17.3 Å². The number of ether oxygens (including phenoxy) is 1. The standard InChI is InChI=1S/C24H40O5/c1-3-14-24(15-9-16-24)22(27)12-8-11-19-18(20(25)17-21(19)26)10-6-4-5-7-13-23(28)29-2/h4,6,18-19,21-22,26-27H,3,5,7-17H2,1-2H3/t18-,19-,21-,22?/m1/s1. The predicted molar refractivity (Wildman–Crippen MR) is 113 cm³/mol. The zero-order valence-electron chi connectivity index (χ0n) is 18.3. The van der Waals surface area contributed by atoms with Crippen molar-refractivity contribution in [1.29, 1.82) is 0 Å². The van der Waals surface area contributed by atoms with Crippen molar-refractivity contribution in [3.05, 3.63) is 12.2 Å². The molecule has 0 heterocycles. The number of aliphatic hydroxyl groups excluding tert-OH is 2. The molecule has 2 N–H and O–H groups in total. The smallest absolute Gasteiger partial charge is 0.305 e. The number of methoxy groups -OCH3 is 1. The molecule has 0 bridgehead atoms. The van der Waals surface area contributed by atoms with Gasteiger partial charge in [-0.15, -0.1) is 0 Å². The number of Topliss-reactive ketones (excluding diaryl/α,β-unsaturated/α-hetero) is 1. The number of hydrogen-bond acceptors (Lipinski definition) is 5. The van der Waals surface area contributed by atoms with Gasteiger partial charge >= 0.3 is 5.97 Å². The predicted octanol–water partition coefficient (Wildman–Crippen LogP) is 4.34. The SMILES string of the molecule is CCCC1(C(O)CCC[C@H]2[C@H](O)CC(=O)[C@@H]2CC=CCCCC(=O)OC)CCC1. The minimum atomic E-state index is -0.550. The lowest BCUT2D eigenvalue weighted by atomic mass is 9.61. The lowest BCUT2D eigenvalue weighted by molar-refractivity contribution is -0.140. The lowest BCUT2D eigenvalue weighted by Gasteiger charge is -2.46. The second-order valence-electron chi connectivity index (χ2n) is 9.10. The molecule has 2 saturated carbocycles. The maximum atomic E-state index is 12.3. The summed E-state index contributed by atoms with van der Waals surface area (Å²) in [5.41, 5.74) is 0.130. The number of unbranched alkanes of at least 4 members (excludes halogenated alkanes) is 1. The molecule has 0 saturated heterocycles. The van der Waals surface area contributed by atoms with E-state index in [0.717, 1.165) is 57.8 Å². The van der Waals surface area contributed by atoms with Crippen LogP contribution in [-0.4, -0.2) is 41.3 Å². The zero-order valence-corrected chi connectivity index (χ0v) is 18.3. The summed E-state index contributed by atoms with van der Waals surface area (Å²) in [7, 11) is 1.39. The summed E-state index contributed by atoms with van der Waals surface area (Å²) < 4.78 is 4.62. The van der Waals surface area contributed by atoms with Gasteiger partial charge in [0.05, 0.1) is 19.3 Å². The summed E-state index contributed by atoms with van der Waals surface area (Å²) in [6.07, 6.45) is 14.2. The van der Waals surface area contributed by atoms with Gasteiger partial charge in [0.1, 0.15) is 5.78 Å². The number of allylic oxidation sites excluding steroid dienone is 2. The fourth-order valence-electron chi connectivity index (χ4n) is 5.27. The number of ketones is 1. The summed E-state index contributed by atoms with van der Waals surface area (Å²) >= 11 is 0. The molecule has 5 heteroatoms. The first-order valence-electron chi connectivity index (χ1n) is 11.5. The van der Waals surface area contributed by atoms with Crippen LogP contribution in [0.2, 0.25) is 0 Å². The van der Waals surface area contributed by atoms with E-state index in [1.54, 1.807) is 0 Å². The Morgan fingerprint density at radius 2 is 2.07 bits per heavy atom. The largest absolute Gasteiger partial charge is 0.469 e. The number of carbonyl (C=O) groups is 2. The van der Waals surface area contributed by atoms with Crippen molar-refractivity contribution in [1.82, 2.24) is 0 Å². The molecule has 2 rings (SSSR count). The minimum Gasteiger partial charge on any atom is -0.469 e. The van der Waals surface area contributed by atoms with Crippen LogP contribution in [0.15, 0.2) is 12.2 Å².